The Morgan fingerprint density at radius 1 is 1.25 bits per heavy atom. The summed E-state index contributed by atoms with van der Waals surface area (Å²) in [6.07, 6.45) is 6.55. The Bertz CT molecular complexity index is 748. The first-order chi connectivity index (χ1) is 11.4. The number of sulfonamides is 1. The number of hydrogen-bond acceptors (Lipinski definition) is 4. The third-order valence-corrected chi connectivity index (χ3v) is 5.64. The maximum atomic E-state index is 12.8. The van der Waals surface area contributed by atoms with Crippen LogP contribution < -0.4 is 5.32 Å². The van der Waals surface area contributed by atoms with E-state index in [0.29, 0.717) is 37.6 Å². The first-order valence-electron chi connectivity index (χ1n) is 7.74. The van der Waals surface area contributed by atoms with E-state index in [1.807, 2.05) is 13.0 Å². The number of carbonyl (C=O) groups excluding carboxylic acids is 1. The van der Waals surface area contributed by atoms with Gasteiger partial charge in [0.15, 0.2) is 0 Å². The normalized spacial score (nSPS) is 16.8. The molecular weight excluding hydrogens is 328 g/mol. The molecule has 1 aliphatic rings. The second-order valence-electron chi connectivity index (χ2n) is 5.37. The lowest BCUT2D eigenvalue weighted by Gasteiger charge is -2.26. The molecule has 1 heterocycles. The Morgan fingerprint density at radius 2 is 1.96 bits per heavy atom. The van der Waals surface area contributed by atoms with Gasteiger partial charge in [-0.1, -0.05) is 24.3 Å². The summed E-state index contributed by atoms with van der Waals surface area (Å²) in [6.45, 7) is 5.06. The van der Waals surface area contributed by atoms with Gasteiger partial charge < -0.3 is 10.1 Å². The van der Waals surface area contributed by atoms with E-state index in [2.05, 4.69) is 5.32 Å². The third kappa shape index (κ3) is 4.53. The quantitative estimate of drug-likeness (QED) is 0.652. The number of nitrogens with zero attached hydrogens (tertiary/aromatic N) is 1. The van der Waals surface area contributed by atoms with Gasteiger partial charge in [0.05, 0.1) is 18.1 Å². The second-order valence-corrected chi connectivity index (χ2v) is 7.28. The molecule has 0 aliphatic carbocycles. The molecule has 7 heteroatoms. The topological polar surface area (TPSA) is 75.7 Å². The van der Waals surface area contributed by atoms with Gasteiger partial charge in [0.1, 0.15) is 0 Å². The van der Waals surface area contributed by atoms with Crippen molar-refractivity contribution in [3.63, 3.8) is 0 Å². The minimum Gasteiger partial charge on any atom is -0.379 e. The van der Waals surface area contributed by atoms with E-state index in [-0.39, 0.29) is 10.8 Å². The molecule has 2 rings (SSSR count). The number of aryl methyl sites for hydroxylation is 1. The number of morpholine rings is 1. The number of allylic oxidation sites excluding steroid dienone is 3. The van der Waals surface area contributed by atoms with Crippen LogP contribution in [-0.4, -0.2) is 44.9 Å². The second kappa shape index (κ2) is 8.23. The number of nitrogens with one attached hydrogen (secondary N) is 1. The fraction of sp³-hybridized carbons (Fsp3) is 0.353. The zero-order valence-corrected chi connectivity index (χ0v) is 14.7. The van der Waals surface area contributed by atoms with Crippen molar-refractivity contribution in [3.05, 3.63) is 48.1 Å². The van der Waals surface area contributed by atoms with Crippen molar-refractivity contribution in [1.29, 1.82) is 0 Å². The van der Waals surface area contributed by atoms with Gasteiger partial charge in [-0.3, -0.25) is 4.79 Å². The SMILES string of the molecule is C/C=C/C=C/C(=O)Nc1ccc(C)c(S(=O)(=O)N2CCOCC2)c1. The van der Waals surface area contributed by atoms with E-state index in [1.54, 1.807) is 31.2 Å². The molecule has 0 saturated carbocycles. The number of amides is 1. The van der Waals surface area contributed by atoms with E-state index in [9.17, 15) is 13.2 Å². The average molecular weight is 350 g/mol. The van der Waals surface area contributed by atoms with Crippen LogP contribution in [0.1, 0.15) is 12.5 Å². The molecule has 1 aliphatic heterocycles. The summed E-state index contributed by atoms with van der Waals surface area (Å²) in [7, 11) is -3.60. The summed E-state index contributed by atoms with van der Waals surface area (Å²) >= 11 is 0. The minimum absolute atomic E-state index is 0.208. The molecule has 1 saturated heterocycles. The Labute approximate surface area is 142 Å². The van der Waals surface area contributed by atoms with Crippen LogP contribution in [0.2, 0.25) is 0 Å². The molecule has 6 nitrogen and oxygen atoms in total. The molecule has 0 aromatic heterocycles. The van der Waals surface area contributed by atoms with Crippen LogP contribution in [0.4, 0.5) is 5.69 Å². The fourth-order valence-electron chi connectivity index (χ4n) is 2.32. The van der Waals surface area contributed by atoms with Crippen molar-refractivity contribution in [1.82, 2.24) is 4.31 Å². The summed E-state index contributed by atoms with van der Waals surface area (Å²) < 4.78 is 32.2. The molecule has 1 fully saturated rings. The van der Waals surface area contributed by atoms with Gasteiger partial charge in [-0.15, -0.1) is 0 Å². The van der Waals surface area contributed by atoms with Crippen LogP contribution in [0.3, 0.4) is 0 Å². The first-order valence-corrected chi connectivity index (χ1v) is 9.18. The molecule has 0 unspecified atom stereocenters. The maximum absolute atomic E-state index is 12.8. The molecule has 1 amide bonds. The summed E-state index contributed by atoms with van der Waals surface area (Å²) in [5, 5.41) is 2.68. The van der Waals surface area contributed by atoms with Gasteiger partial charge in [-0.2, -0.15) is 4.31 Å². The number of benzene rings is 1. The molecule has 1 aromatic rings. The van der Waals surface area contributed by atoms with E-state index >= 15 is 0 Å². The standard InChI is InChI=1S/C17H22N2O4S/c1-3-4-5-6-17(20)18-15-8-7-14(2)16(13-15)24(21,22)19-9-11-23-12-10-19/h3-8,13H,9-12H2,1-2H3,(H,18,20)/b4-3+,6-5+. The number of carbonyl (C=O) groups is 1. The summed E-state index contributed by atoms with van der Waals surface area (Å²) in [4.78, 5) is 12.0. The molecule has 24 heavy (non-hydrogen) atoms. The van der Waals surface area contributed by atoms with Crippen LogP contribution in [-0.2, 0) is 19.6 Å². The zero-order chi connectivity index (χ0) is 17.6. The molecule has 1 N–H and O–H groups in total. The van der Waals surface area contributed by atoms with Gasteiger partial charge in [0, 0.05) is 24.9 Å². The third-order valence-electron chi connectivity index (χ3n) is 3.59. The first kappa shape index (κ1) is 18.4. The van der Waals surface area contributed by atoms with Crippen molar-refractivity contribution >= 4 is 21.6 Å². The molecule has 0 atom stereocenters. The number of ether oxygens (including phenoxy) is 1. The smallest absolute Gasteiger partial charge is 0.248 e. The Hall–Kier alpha value is -1.96. The summed E-state index contributed by atoms with van der Waals surface area (Å²) in [5.41, 5.74) is 1.09. The van der Waals surface area contributed by atoms with Gasteiger partial charge >= 0.3 is 0 Å². The van der Waals surface area contributed by atoms with E-state index in [4.69, 9.17) is 4.74 Å². The number of rotatable bonds is 5. The number of anilines is 1. The van der Waals surface area contributed by atoms with Crippen molar-refractivity contribution < 1.29 is 17.9 Å². The van der Waals surface area contributed by atoms with E-state index in [1.165, 1.54) is 16.4 Å². The Morgan fingerprint density at radius 3 is 2.62 bits per heavy atom. The monoisotopic (exact) mass is 350 g/mol. The van der Waals surface area contributed by atoms with Crippen molar-refractivity contribution in [2.45, 2.75) is 18.7 Å². The van der Waals surface area contributed by atoms with Gasteiger partial charge in [-0.25, -0.2) is 8.42 Å². The van der Waals surface area contributed by atoms with Crippen LogP contribution in [0, 0.1) is 6.92 Å². The predicted octanol–water partition coefficient (Wildman–Crippen LogP) is 2.09. The van der Waals surface area contributed by atoms with Crippen LogP contribution >= 0.6 is 0 Å². The highest BCUT2D eigenvalue weighted by molar-refractivity contribution is 7.89. The molecule has 0 spiro atoms. The maximum Gasteiger partial charge on any atom is 0.248 e. The molecule has 130 valence electrons. The highest BCUT2D eigenvalue weighted by Crippen LogP contribution is 2.24. The van der Waals surface area contributed by atoms with Gasteiger partial charge in [0.2, 0.25) is 15.9 Å². The zero-order valence-electron chi connectivity index (χ0n) is 13.9. The molecule has 0 bridgehead atoms. The summed E-state index contributed by atoms with van der Waals surface area (Å²) in [6, 6.07) is 4.88. The minimum atomic E-state index is -3.60. The van der Waals surface area contributed by atoms with Crippen molar-refractivity contribution in [2.75, 3.05) is 31.6 Å². The highest BCUT2D eigenvalue weighted by atomic mass is 32.2. The van der Waals surface area contributed by atoms with Crippen LogP contribution in [0.25, 0.3) is 0 Å². The van der Waals surface area contributed by atoms with Crippen LogP contribution in [0.15, 0.2) is 47.4 Å². The fourth-order valence-corrected chi connectivity index (χ4v) is 3.98. The van der Waals surface area contributed by atoms with E-state index in [0.717, 1.165) is 0 Å². The molecular formula is C17H22N2O4S. The van der Waals surface area contributed by atoms with E-state index < -0.39 is 10.0 Å². The van der Waals surface area contributed by atoms with Crippen molar-refractivity contribution in [2.24, 2.45) is 0 Å². The van der Waals surface area contributed by atoms with Crippen LogP contribution in [0.5, 0.6) is 0 Å². The lowest BCUT2D eigenvalue weighted by Crippen LogP contribution is -2.40. The molecule has 0 radical (unpaired) electrons. The Balaban J connectivity index is 2.23. The number of hydrogen-bond donors (Lipinski definition) is 1. The van der Waals surface area contributed by atoms with Crippen molar-refractivity contribution in [3.8, 4) is 0 Å². The largest absolute Gasteiger partial charge is 0.379 e. The lowest BCUT2D eigenvalue weighted by atomic mass is 10.2. The van der Waals surface area contributed by atoms with Gasteiger partial charge in [0.25, 0.3) is 0 Å². The highest BCUT2D eigenvalue weighted by Gasteiger charge is 2.27. The lowest BCUT2D eigenvalue weighted by molar-refractivity contribution is -0.111. The average Bonchev–Trinajstić information content (AvgIpc) is 2.57. The predicted molar refractivity (Wildman–Crippen MR) is 93.3 cm³/mol. The van der Waals surface area contributed by atoms with Gasteiger partial charge in [-0.05, 0) is 31.5 Å². The summed E-state index contributed by atoms with van der Waals surface area (Å²) in [5.74, 6) is -0.313. The molecule has 1 aromatic carbocycles. The Kier molecular flexibility index (Phi) is 6.30.